The van der Waals surface area contributed by atoms with Gasteiger partial charge in [-0.15, -0.1) is 11.3 Å². The first kappa shape index (κ1) is 14.1. The van der Waals surface area contributed by atoms with Gasteiger partial charge < -0.3 is 10.5 Å². The highest BCUT2D eigenvalue weighted by atomic mass is 32.1. The Bertz CT molecular complexity index is 773. The minimum Gasteiger partial charge on any atom is -0.437 e. The smallest absolute Gasteiger partial charge is 0.243 e. The lowest BCUT2D eigenvalue weighted by atomic mass is 10.0. The summed E-state index contributed by atoms with van der Waals surface area (Å²) in [5.41, 5.74) is 9.12. The number of nitrogens with two attached hydrogens (primary N) is 1. The van der Waals surface area contributed by atoms with Gasteiger partial charge in [0.15, 0.2) is 4.96 Å². The van der Waals surface area contributed by atoms with Crippen molar-refractivity contribution in [2.45, 2.75) is 33.2 Å². The number of hydrogen-bond donors (Lipinski definition) is 1. The Kier molecular flexibility index (Phi) is 3.69. The van der Waals surface area contributed by atoms with Gasteiger partial charge in [0.1, 0.15) is 11.4 Å². The van der Waals surface area contributed by atoms with Gasteiger partial charge in [-0.3, -0.25) is 4.40 Å². The number of rotatable bonds is 4. The van der Waals surface area contributed by atoms with E-state index in [1.165, 1.54) is 11.1 Å². The second kappa shape index (κ2) is 5.50. The van der Waals surface area contributed by atoms with E-state index >= 15 is 0 Å². The quantitative estimate of drug-likeness (QED) is 0.790. The Morgan fingerprint density at radius 3 is 2.90 bits per heavy atom. The number of ether oxygens (including phenoxy) is 1. The van der Waals surface area contributed by atoms with Gasteiger partial charge in [-0.25, -0.2) is 0 Å². The molecule has 0 saturated heterocycles. The second-order valence-electron chi connectivity index (χ2n) is 5.42. The SMILES string of the molecule is Cc1ccc(C(C)C)c(Oc2nc3sccn3c2CN)c1. The molecule has 0 unspecified atom stereocenters. The molecule has 2 heterocycles. The lowest BCUT2D eigenvalue weighted by molar-refractivity contribution is 0.450. The summed E-state index contributed by atoms with van der Waals surface area (Å²) >= 11 is 1.58. The van der Waals surface area contributed by atoms with Crippen molar-refractivity contribution in [1.82, 2.24) is 9.38 Å². The molecular weight excluding hydrogens is 282 g/mol. The van der Waals surface area contributed by atoms with Crippen molar-refractivity contribution in [1.29, 1.82) is 0 Å². The summed E-state index contributed by atoms with van der Waals surface area (Å²) in [5, 5.41) is 2.00. The maximum Gasteiger partial charge on any atom is 0.243 e. The van der Waals surface area contributed by atoms with Gasteiger partial charge in [-0.05, 0) is 30.0 Å². The van der Waals surface area contributed by atoms with Crippen molar-refractivity contribution in [3.05, 3.63) is 46.6 Å². The minimum atomic E-state index is 0.394. The first-order valence-corrected chi connectivity index (χ1v) is 7.91. The third kappa shape index (κ3) is 2.54. The van der Waals surface area contributed by atoms with E-state index in [9.17, 15) is 0 Å². The van der Waals surface area contributed by atoms with Gasteiger partial charge in [0.25, 0.3) is 0 Å². The zero-order valence-corrected chi connectivity index (χ0v) is 13.3. The van der Waals surface area contributed by atoms with Crippen LogP contribution in [0.15, 0.2) is 29.8 Å². The van der Waals surface area contributed by atoms with Crippen molar-refractivity contribution < 1.29 is 4.74 Å². The van der Waals surface area contributed by atoms with Gasteiger partial charge >= 0.3 is 0 Å². The predicted octanol–water partition coefficient (Wildman–Crippen LogP) is 4.08. The predicted molar refractivity (Wildman–Crippen MR) is 86.3 cm³/mol. The van der Waals surface area contributed by atoms with Crippen LogP contribution < -0.4 is 10.5 Å². The molecule has 0 bridgehead atoms. The topological polar surface area (TPSA) is 52.5 Å². The van der Waals surface area contributed by atoms with Gasteiger partial charge in [-0.1, -0.05) is 26.0 Å². The number of fused-ring (bicyclic) bond motifs is 1. The number of aryl methyl sites for hydroxylation is 1. The van der Waals surface area contributed by atoms with Crippen LogP contribution in [-0.4, -0.2) is 9.38 Å². The molecule has 0 aliphatic rings. The molecule has 0 amide bonds. The Balaban J connectivity index is 2.05. The highest BCUT2D eigenvalue weighted by Gasteiger charge is 2.16. The molecular formula is C16H19N3OS. The van der Waals surface area contributed by atoms with Crippen molar-refractivity contribution >= 4 is 16.3 Å². The zero-order chi connectivity index (χ0) is 15.0. The molecule has 0 aliphatic carbocycles. The van der Waals surface area contributed by atoms with E-state index in [0.717, 1.165) is 16.4 Å². The highest BCUT2D eigenvalue weighted by molar-refractivity contribution is 7.15. The van der Waals surface area contributed by atoms with E-state index in [-0.39, 0.29) is 0 Å². The lowest BCUT2D eigenvalue weighted by Crippen LogP contribution is -2.03. The summed E-state index contributed by atoms with van der Waals surface area (Å²) in [6.45, 7) is 6.78. The van der Waals surface area contributed by atoms with E-state index in [2.05, 4.69) is 44.0 Å². The molecule has 4 nitrogen and oxygen atoms in total. The molecule has 0 atom stereocenters. The normalized spacial score (nSPS) is 11.5. The third-order valence-electron chi connectivity index (χ3n) is 3.52. The van der Waals surface area contributed by atoms with Crippen LogP contribution in [0.2, 0.25) is 0 Å². The first-order valence-electron chi connectivity index (χ1n) is 7.03. The average molecular weight is 301 g/mol. The van der Waals surface area contributed by atoms with Crippen molar-refractivity contribution in [3.63, 3.8) is 0 Å². The zero-order valence-electron chi connectivity index (χ0n) is 12.5. The fourth-order valence-corrected chi connectivity index (χ4v) is 3.12. The maximum atomic E-state index is 6.11. The maximum absolute atomic E-state index is 6.11. The van der Waals surface area contributed by atoms with Crippen LogP contribution in [0.4, 0.5) is 0 Å². The van der Waals surface area contributed by atoms with E-state index in [4.69, 9.17) is 10.5 Å². The Labute approximate surface area is 128 Å². The number of nitrogens with zero attached hydrogens (tertiary/aromatic N) is 2. The first-order chi connectivity index (χ1) is 10.1. The highest BCUT2D eigenvalue weighted by Crippen LogP contribution is 2.33. The molecule has 2 aromatic heterocycles. The fraction of sp³-hybridized carbons (Fsp3) is 0.312. The standard InChI is InChI=1S/C16H19N3OS/c1-10(2)12-5-4-11(3)8-14(12)20-15-13(9-17)19-6-7-21-16(19)18-15/h4-8,10H,9,17H2,1-3H3. The Morgan fingerprint density at radius 1 is 1.38 bits per heavy atom. The molecule has 0 spiro atoms. The summed E-state index contributed by atoms with van der Waals surface area (Å²) in [4.78, 5) is 5.45. The van der Waals surface area contributed by atoms with Crippen LogP contribution in [0.3, 0.4) is 0 Å². The molecule has 0 fully saturated rings. The van der Waals surface area contributed by atoms with E-state index in [1.807, 2.05) is 16.0 Å². The summed E-state index contributed by atoms with van der Waals surface area (Å²) in [6, 6.07) is 6.29. The molecule has 0 radical (unpaired) electrons. The third-order valence-corrected chi connectivity index (χ3v) is 4.27. The molecule has 2 N–H and O–H groups in total. The van der Waals surface area contributed by atoms with Gasteiger partial charge in [0.05, 0.1) is 0 Å². The van der Waals surface area contributed by atoms with Crippen molar-refractivity contribution in [2.24, 2.45) is 5.73 Å². The summed E-state index contributed by atoms with van der Waals surface area (Å²) in [5.74, 6) is 1.87. The van der Waals surface area contributed by atoms with E-state index in [1.54, 1.807) is 11.3 Å². The van der Waals surface area contributed by atoms with Crippen LogP contribution >= 0.6 is 11.3 Å². The van der Waals surface area contributed by atoms with Crippen LogP contribution in [0.5, 0.6) is 11.6 Å². The fourth-order valence-electron chi connectivity index (χ4n) is 2.39. The molecule has 3 rings (SSSR count). The Morgan fingerprint density at radius 2 is 2.19 bits per heavy atom. The number of benzene rings is 1. The summed E-state index contributed by atoms with van der Waals surface area (Å²) in [7, 11) is 0. The van der Waals surface area contributed by atoms with Gasteiger partial charge in [-0.2, -0.15) is 4.98 Å². The van der Waals surface area contributed by atoms with Gasteiger partial charge in [0.2, 0.25) is 5.88 Å². The number of hydrogen-bond acceptors (Lipinski definition) is 4. The monoisotopic (exact) mass is 301 g/mol. The van der Waals surface area contributed by atoms with Gasteiger partial charge in [0, 0.05) is 18.1 Å². The van der Waals surface area contributed by atoms with Crippen LogP contribution in [0.25, 0.3) is 4.96 Å². The molecule has 110 valence electrons. The molecule has 0 saturated carbocycles. The van der Waals surface area contributed by atoms with E-state index in [0.29, 0.717) is 18.3 Å². The molecule has 1 aromatic carbocycles. The largest absolute Gasteiger partial charge is 0.437 e. The Hall–Kier alpha value is -1.85. The molecule has 3 aromatic rings. The average Bonchev–Trinajstić information content (AvgIpc) is 2.98. The lowest BCUT2D eigenvalue weighted by Gasteiger charge is -2.14. The number of imidazole rings is 1. The summed E-state index contributed by atoms with van der Waals surface area (Å²) in [6.07, 6.45) is 1.97. The van der Waals surface area contributed by atoms with Crippen LogP contribution in [-0.2, 0) is 6.54 Å². The van der Waals surface area contributed by atoms with Crippen molar-refractivity contribution in [3.8, 4) is 11.6 Å². The van der Waals surface area contributed by atoms with Crippen LogP contribution in [0, 0.1) is 6.92 Å². The molecule has 0 aliphatic heterocycles. The minimum absolute atomic E-state index is 0.394. The molecule has 21 heavy (non-hydrogen) atoms. The number of thiazole rings is 1. The molecule has 5 heteroatoms. The number of aromatic nitrogens is 2. The van der Waals surface area contributed by atoms with E-state index < -0.39 is 0 Å². The summed E-state index contributed by atoms with van der Waals surface area (Å²) < 4.78 is 8.10. The van der Waals surface area contributed by atoms with Crippen molar-refractivity contribution in [2.75, 3.05) is 0 Å². The second-order valence-corrected chi connectivity index (χ2v) is 6.29. The van der Waals surface area contributed by atoms with Crippen LogP contribution in [0.1, 0.15) is 36.6 Å².